The molecule has 7 nitrogen and oxygen atoms in total. The van der Waals surface area contributed by atoms with Gasteiger partial charge in [0.2, 0.25) is 0 Å². The number of aliphatic hydroxyl groups is 1. The van der Waals surface area contributed by atoms with Crippen LogP contribution >= 0.6 is 0 Å². The van der Waals surface area contributed by atoms with Gasteiger partial charge in [-0.25, -0.2) is 0 Å². The molecule has 1 aromatic rings. The number of nitrogens with zero attached hydrogens (tertiary/aromatic N) is 3. The summed E-state index contributed by atoms with van der Waals surface area (Å²) < 4.78 is 1.44. The van der Waals surface area contributed by atoms with Crippen molar-refractivity contribution >= 4 is 11.8 Å². The molecular formula is C16H24N4O3. The lowest BCUT2D eigenvalue weighted by molar-refractivity contribution is 0.0673. The second-order valence-corrected chi connectivity index (χ2v) is 6.40. The van der Waals surface area contributed by atoms with Crippen LogP contribution in [0.2, 0.25) is 0 Å². The van der Waals surface area contributed by atoms with Crippen molar-refractivity contribution in [3.05, 3.63) is 17.5 Å². The van der Waals surface area contributed by atoms with Gasteiger partial charge in [0, 0.05) is 25.2 Å². The van der Waals surface area contributed by atoms with Crippen LogP contribution in [0.3, 0.4) is 0 Å². The summed E-state index contributed by atoms with van der Waals surface area (Å²) in [4.78, 5) is 26.8. The lowest BCUT2D eigenvalue weighted by Crippen LogP contribution is -2.39. The maximum Gasteiger partial charge on any atom is 0.274 e. The molecule has 1 fully saturated rings. The second-order valence-electron chi connectivity index (χ2n) is 6.40. The third kappa shape index (κ3) is 3.24. The lowest BCUT2D eigenvalue weighted by Gasteiger charge is -2.28. The van der Waals surface area contributed by atoms with Crippen LogP contribution in [0.15, 0.2) is 6.07 Å². The number of amides is 2. The Morgan fingerprint density at radius 2 is 2.22 bits per heavy atom. The molecule has 0 bridgehead atoms. The minimum Gasteiger partial charge on any atom is -0.389 e. The molecule has 2 aliphatic rings. The first-order valence-electron chi connectivity index (χ1n) is 8.45. The minimum atomic E-state index is -0.690. The van der Waals surface area contributed by atoms with Gasteiger partial charge in [-0.3, -0.25) is 14.3 Å². The van der Waals surface area contributed by atoms with Gasteiger partial charge in [0.25, 0.3) is 11.8 Å². The zero-order chi connectivity index (χ0) is 16.4. The Labute approximate surface area is 135 Å². The summed E-state index contributed by atoms with van der Waals surface area (Å²) in [6, 6.07) is 1.83. The Morgan fingerprint density at radius 3 is 2.91 bits per heavy atom. The fourth-order valence-corrected chi connectivity index (χ4v) is 3.46. The number of carbonyl (C=O) groups excluding carboxylic acids is 2. The van der Waals surface area contributed by atoms with Crippen molar-refractivity contribution in [2.45, 2.75) is 57.7 Å². The molecule has 0 radical (unpaired) electrons. The minimum absolute atomic E-state index is 0.110. The lowest BCUT2D eigenvalue weighted by atomic mass is 10.2. The topological polar surface area (TPSA) is 87.5 Å². The van der Waals surface area contributed by atoms with Crippen molar-refractivity contribution in [1.82, 2.24) is 20.0 Å². The quantitative estimate of drug-likeness (QED) is 0.858. The van der Waals surface area contributed by atoms with Gasteiger partial charge in [-0.2, -0.15) is 5.10 Å². The molecule has 3 rings (SSSR count). The molecule has 23 heavy (non-hydrogen) atoms. The Hall–Kier alpha value is -1.89. The highest BCUT2D eigenvalue weighted by Crippen LogP contribution is 2.25. The van der Waals surface area contributed by atoms with Crippen LogP contribution < -0.4 is 5.32 Å². The van der Waals surface area contributed by atoms with E-state index in [2.05, 4.69) is 17.3 Å². The first kappa shape index (κ1) is 16.0. The normalized spacial score (nSPS) is 21.7. The van der Waals surface area contributed by atoms with E-state index >= 15 is 0 Å². The van der Waals surface area contributed by atoms with Crippen LogP contribution in [0.5, 0.6) is 0 Å². The molecule has 7 heteroatoms. The molecule has 1 aromatic heterocycles. The van der Waals surface area contributed by atoms with Gasteiger partial charge in [-0.1, -0.05) is 19.8 Å². The summed E-state index contributed by atoms with van der Waals surface area (Å²) >= 11 is 0. The molecule has 126 valence electrons. The zero-order valence-corrected chi connectivity index (χ0v) is 13.5. The number of hydrogen-bond donors (Lipinski definition) is 2. The fourth-order valence-electron chi connectivity index (χ4n) is 3.46. The number of nitrogens with one attached hydrogen (secondary N) is 1. The molecule has 1 aliphatic carbocycles. The van der Waals surface area contributed by atoms with Crippen LogP contribution in [0, 0.1) is 0 Å². The third-order valence-corrected chi connectivity index (χ3v) is 4.60. The molecule has 0 spiro atoms. The highest BCUT2D eigenvalue weighted by atomic mass is 16.3. The van der Waals surface area contributed by atoms with Gasteiger partial charge in [-0.15, -0.1) is 0 Å². The molecular weight excluding hydrogens is 296 g/mol. The average Bonchev–Trinajstić information content (AvgIpc) is 3.17. The van der Waals surface area contributed by atoms with Crippen molar-refractivity contribution < 1.29 is 14.7 Å². The second kappa shape index (κ2) is 6.70. The van der Waals surface area contributed by atoms with Crippen LogP contribution in [-0.2, 0) is 6.54 Å². The standard InChI is InChI=1S/C16H24N4O3/c1-2-7-19(11-5-3-4-6-11)16(23)13-8-14-15(22)17-9-12(21)10-20(14)18-13/h8,11-12,21H,2-7,9-10H2,1H3,(H,17,22)/t12-/m1/s1. The van der Waals surface area contributed by atoms with Gasteiger partial charge in [0.05, 0.1) is 12.6 Å². The summed E-state index contributed by atoms with van der Waals surface area (Å²) in [5.41, 5.74) is 0.636. The molecule has 0 saturated heterocycles. The Morgan fingerprint density at radius 1 is 1.48 bits per heavy atom. The van der Waals surface area contributed by atoms with Gasteiger partial charge in [-0.05, 0) is 19.3 Å². The summed E-state index contributed by atoms with van der Waals surface area (Å²) in [5.74, 6) is -0.405. The van der Waals surface area contributed by atoms with E-state index in [0.29, 0.717) is 17.9 Å². The third-order valence-electron chi connectivity index (χ3n) is 4.60. The first-order valence-corrected chi connectivity index (χ1v) is 8.45. The number of rotatable bonds is 4. The van der Waals surface area contributed by atoms with E-state index in [0.717, 1.165) is 32.1 Å². The number of aliphatic hydroxyl groups excluding tert-OH is 1. The maximum absolute atomic E-state index is 12.9. The predicted molar refractivity (Wildman–Crippen MR) is 84.2 cm³/mol. The summed E-state index contributed by atoms with van der Waals surface area (Å²) in [6.45, 7) is 3.19. The van der Waals surface area contributed by atoms with Gasteiger partial charge in [0.1, 0.15) is 5.69 Å². The SMILES string of the molecule is CCCN(C(=O)c1cc2n(n1)C[C@H](O)CNC2=O)C1CCCC1. The van der Waals surface area contributed by atoms with Crippen LogP contribution in [0.25, 0.3) is 0 Å². The van der Waals surface area contributed by atoms with Crippen molar-refractivity contribution in [2.75, 3.05) is 13.1 Å². The number of fused-ring (bicyclic) bond motifs is 1. The van der Waals surface area contributed by atoms with Crippen LogP contribution in [-0.4, -0.2) is 56.8 Å². The van der Waals surface area contributed by atoms with Crippen molar-refractivity contribution in [1.29, 1.82) is 0 Å². The summed E-state index contributed by atoms with van der Waals surface area (Å²) in [6.07, 6.45) is 4.61. The molecule has 0 unspecified atom stereocenters. The van der Waals surface area contributed by atoms with E-state index in [4.69, 9.17) is 0 Å². The molecule has 1 atom stereocenters. The molecule has 0 aromatic carbocycles. The first-order chi connectivity index (χ1) is 11.1. The number of aromatic nitrogens is 2. The van der Waals surface area contributed by atoms with Gasteiger partial charge >= 0.3 is 0 Å². The van der Waals surface area contributed by atoms with Gasteiger partial charge in [0.15, 0.2) is 5.69 Å². The predicted octanol–water partition coefficient (Wildman–Crippen LogP) is 0.782. The Balaban J connectivity index is 1.85. The summed E-state index contributed by atoms with van der Waals surface area (Å²) in [5, 5.41) is 16.7. The molecule has 2 N–H and O–H groups in total. The van der Waals surface area contributed by atoms with E-state index in [-0.39, 0.29) is 30.9 Å². The molecule has 2 heterocycles. The number of β-amino-alcohol motifs (C(OH)–C–C–N with tert-alkyl or cyclic N) is 1. The fraction of sp³-hybridized carbons (Fsp3) is 0.688. The largest absolute Gasteiger partial charge is 0.389 e. The smallest absolute Gasteiger partial charge is 0.274 e. The highest BCUT2D eigenvalue weighted by Gasteiger charge is 2.30. The molecule has 2 amide bonds. The van der Waals surface area contributed by atoms with Crippen molar-refractivity contribution in [3.8, 4) is 0 Å². The number of carbonyl (C=O) groups is 2. The monoisotopic (exact) mass is 320 g/mol. The van der Waals surface area contributed by atoms with Crippen LogP contribution in [0.4, 0.5) is 0 Å². The highest BCUT2D eigenvalue weighted by molar-refractivity contribution is 5.98. The van der Waals surface area contributed by atoms with E-state index in [9.17, 15) is 14.7 Å². The van der Waals surface area contributed by atoms with Gasteiger partial charge < -0.3 is 15.3 Å². The van der Waals surface area contributed by atoms with E-state index in [1.165, 1.54) is 4.68 Å². The Kier molecular flexibility index (Phi) is 4.66. The molecule has 1 aliphatic heterocycles. The maximum atomic E-state index is 12.9. The molecule has 1 saturated carbocycles. The Bertz CT molecular complexity index is 592. The van der Waals surface area contributed by atoms with Crippen LogP contribution in [0.1, 0.15) is 60.0 Å². The van der Waals surface area contributed by atoms with E-state index in [1.54, 1.807) is 6.07 Å². The van der Waals surface area contributed by atoms with Crippen molar-refractivity contribution in [3.63, 3.8) is 0 Å². The van der Waals surface area contributed by atoms with Crippen molar-refractivity contribution in [2.24, 2.45) is 0 Å². The summed E-state index contributed by atoms with van der Waals surface area (Å²) in [7, 11) is 0. The van der Waals surface area contributed by atoms with E-state index < -0.39 is 6.10 Å². The van der Waals surface area contributed by atoms with E-state index in [1.807, 2.05) is 4.90 Å². The number of hydrogen-bond acceptors (Lipinski definition) is 4. The zero-order valence-electron chi connectivity index (χ0n) is 13.5. The average molecular weight is 320 g/mol.